The first kappa shape index (κ1) is 13.0. The van der Waals surface area contributed by atoms with Crippen LogP contribution in [0.3, 0.4) is 0 Å². The van der Waals surface area contributed by atoms with E-state index in [9.17, 15) is 0 Å². The van der Waals surface area contributed by atoms with E-state index in [2.05, 4.69) is 5.10 Å². The van der Waals surface area contributed by atoms with Gasteiger partial charge in [-0.3, -0.25) is 0 Å². The molecule has 1 aromatic carbocycles. The van der Waals surface area contributed by atoms with Gasteiger partial charge in [-0.15, -0.1) is 5.10 Å². The summed E-state index contributed by atoms with van der Waals surface area (Å²) in [5, 5.41) is 13.3. The topological polar surface area (TPSA) is 76.9 Å². The summed E-state index contributed by atoms with van der Waals surface area (Å²) in [6.45, 7) is 4.92. The third kappa shape index (κ3) is 2.68. The van der Waals surface area contributed by atoms with E-state index < -0.39 is 0 Å². The van der Waals surface area contributed by atoms with Gasteiger partial charge >= 0.3 is 0 Å². The zero-order chi connectivity index (χ0) is 13.8. The van der Waals surface area contributed by atoms with Gasteiger partial charge in [0.15, 0.2) is 5.56 Å². The third-order valence-electron chi connectivity index (χ3n) is 2.87. The number of hydrogen-bond acceptors (Lipinski definition) is 4. The molecule has 0 amide bonds. The minimum absolute atomic E-state index is 0.294. The molecule has 1 aromatic heterocycles. The van der Waals surface area contributed by atoms with E-state index in [1.54, 1.807) is 4.68 Å². The van der Waals surface area contributed by atoms with Crippen molar-refractivity contribution in [2.24, 2.45) is 0 Å². The highest BCUT2D eigenvalue weighted by molar-refractivity contribution is 5.55. The molecule has 98 valence electrons. The van der Waals surface area contributed by atoms with Crippen LogP contribution < -0.4 is 10.5 Å². The maximum atomic E-state index is 9.08. The molecule has 5 nitrogen and oxygen atoms in total. The second kappa shape index (κ2) is 5.44. The number of nitriles is 1. The molecule has 0 spiro atoms. The molecule has 0 aliphatic rings. The number of nitrogen functional groups attached to an aromatic ring is 1. The highest BCUT2D eigenvalue weighted by Crippen LogP contribution is 2.23. The van der Waals surface area contributed by atoms with Gasteiger partial charge in [0.1, 0.15) is 18.5 Å². The van der Waals surface area contributed by atoms with Gasteiger partial charge in [-0.1, -0.05) is 29.8 Å². The van der Waals surface area contributed by atoms with Gasteiger partial charge in [-0.05, 0) is 19.4 Å². The monoisotopic (exact) mass is 256 g/mol. The Morgan fingerprint density at radius 2 is 2.05 bits per heavy atom. The normalized spacial score (nSPS) is 10.2. The first-order valence-corrected chi connectivity index (χ1v) is 6.10. The molecule has 0 bridgehead atoms. The molecule has 0 radical (unpaired) electrons. The van der Waals surface area contributed by atoms with Crippen molar-refractivity contribution < 1.29 is 4.74 Å². The van der Waals surface area contributed by atoms with Crippen LogP contribution in [0.4, 0.5) is 5.82 Å². The quantitative estimate of drug-likeness (QED) is 0.910. The molecular formula is C14H16N4O. The van der Waals surface area contributed by atoms with Crippen LogP contribution in [0.2, 0.25) is 0 Å². The van der Waals surface area contributed by atoms with Gasteiger partial charge < -0.3 is 10.5 Å². The fourth-order valence-corrected chi connectivity index (χ4v) is 1.74. The van der Waals surface area contributed by atoms with Gasteiger partial charge in [0.05, 0.1) is 0 Å². The summed E-state index contributed by atoms with van der Waals surface area (Å²) in [6.07, 6.45) is 0. The summed E-state index contributed by atoms with van der Waals surface area (Å²) < 4.78 is 7.14. The fraction of sp³-hybridized carbons (Fsp3) is 0.286. The van der Waals surface area contributed by atoms with Crippen molar-refractivity contribution in [3.63, 3.8) is 0 Å². The van der Waals surface area contributed by atoms with Gasteiger partial charge in [0.2, 0.25) is 0 Å². The van der Waals surface area contributed by atoms with Crippen LogP contribution >= 0.6 is 0 Å². The fourth-order valence-electron chi connectivity index (χ4n) is 1.74. The highest BCUT2D eigenvalue weighted by atomic mass is 16.5. The Bertz CT molecular complexity index is 608. The summed E-state index contributed by atoms with van der Waals surface area (Å²) in [5.41, 5.74) is 8.33. The highest BCUT2D eigenvalue weighted by Gasteiger charge is 2.15. The Labute approximate surface area is 112 Å². The number of aryl methyl sites for hydroxylation is 2. The zero-order valence-electron chi connectivity index (χ0n) is 11.1. The maximum Gasteiger partial charge on any atom is 0.253 e. The van der Waals surface area contributed by atoms with E-state index in [1.807, 2.05) is 44.2 Å². The Hall–Kier alpha value is -2.48. The van der Waals surface area contributed by atoms with Gasteiger partial charge in [0, 0.05) is 6.54 Å². The number of nitrogens with two attached hydrogens (primary N) is 1. The third-order valence-corrected chi connectivity index (χ3v) is 2.87. The average Bonchev–Trinajstić information content (AvgIpc) is 2.73. The number of ether oxygens (including phenoxy) is 1. The molecule has 0 aliphatic heterocycles. The molecule has 0 saturated heterocycles. The molecule has 19 heavy (non-hydrogen) atoms. The van der Waals surface area contributed by atoms with Crippen molar-refractivity contribution in [3.05, 3.63) is 41.0 Å². The predicted octanol–water partition coefficient (Wildman–Crippen LogP) is 2.24. The Morgan fingerprint density at radius 1 is 1.37 bits per heavy atom. The van der Waals surface area contributed by atoms with Crippen molar-refractivity contribution in [2.45, 2.75) is 27.0 Å². The first-order chi connectivity index (χ1) is 9.15. The lowest BCUT2D eigenvalue weighted by Gasteiger charge is -2.03. The number of rotatable bonds is 4. The number of aromatic nitrogens is 2. The largest absolute Gasteiger partial charge is 0.471 e. The summed E-state index contributed by atoms with van der Waals surface area (Å²) in [7, 11) is 0. The van der Waals surface area contributed by atoms with E-state index in [-0.39, 0.29) is 0 Å². The molecule has 0 atom stereocenters. The second-order valence-corrected chi connectivity index (χ2v) is 4.27. The molecular weight excluding hydrogens is 240 g/mol. The van der Waals surface area contributed by atoms with E-state index in [1.165, 1.54) is 5.56 Å². The second-order valence-electron chi connectivity index (χ2n) is 4.27. The average molecular weight is 256 g/mol. The summed E-state index contributed by atoms with van der Waals surface area (Å²) in [5.74, 6) is 0.645. The molecule has 1 heterocycles. The van der Waals surface area contributed by atoms with Gasteiger partial charge in [-0.2, -0.15) is 5.26 Å². The van der Waals surface area contributed by atoms with Crippen LogP contribution in [0.1, 0.15) is 23.6 Å². The standard InChI is InChI=1S/C14H16N4O/c1-3-18-13(16)12(8-15)14(17-18)19-9-11-6-4-10(2)5-7-11/h4-7H,3,9,16H2,1-2H3. The van der Waals surface area contributed by atoms with Gasteiger partial charge in [-0.25, -0.2) is 4.68 Å². The SMILES string of the molecule is CCn1nc(OCc2ccc(C)cc2)c(C#N)c1N. The van der Waals surface area contributed by atoms with Crippen molar-refractivity contribution in [1.82, 2.24) is 9.78 Å². The van der Waals surface area contributed by atoms with Crippen LogP contribution in [0, 0.1) is 18.3 Å². The number of hydrogen-bond donors (Lipinski definition) is 1. The first-order valence-electron chi connectivity index (χ1n) is 6.10. The number of benzene rings is 1. The minimum Gasteiger partial charge on any atom is -0.471 e. The van der Waals surface area contributed by atoms with E-state index in [0.29, 0.717) is 30.4 Å². The predicted molar refractivity (Wildman–Crippen MR) is 72.5 cm³/mol. The number of nitrogens with zero attached hydrogens (tertiary/aromatic N) is 3. The maximum absolute atomic E-state index is 9.08. The Morgan fingerprint density at radius 3 is 2.63 bits per heavy atom. The summed E-state index contributed by atoms with van der Waals surface area (Å²) >= 11 is 0. The smallest absolute Gasteiger partial charge is 0.253 e. The van der Waals surface area contributed by atoms with Crippen LogP contribution in [-0.4, -0.2) is 9.78 Å². The molecule has 0 saturated carbocycles. The summed E-state index contributed by atoms with van der Waals surface area (Å²) in [4.78, 5) is 0. The molecule has 0 fully saturated rings. The summed E-state index contributed by atoms with van der Waals surface area (Å²) in [6, 6.07) is 10.0. The molecule has 2 N–H and O–H groups in total. The molecule has 2 aromatic rings. The molecule has 0 unspecified atom stereocenters. The minimum atomic E-state index is 0.294. The molecule has 2 rings (SSSR count). The van der Waals surface area contributed by atoms with Crippen molar-refractivity contribution in [3.8, 4) is 11.9 Å². The van der Waals surface area contributed by atoms with E-state index >= 15 is 0 Å². The lowest BCUT2D eigenvalue weighted by molar-refractivity contribution is 0.289. The lowest BCUT2D eigenvalue weighted by Crippen LogP contribution is -2.02. The van der Waals surface area contributed by atoms with Crippen LogP contribution in [0.5, 0.6) is 5.88 Å². The Kier molecular flexibility index (Phi) is 3.71. The number of anilines is 1. The van der Waals surface area contributed by atoms with E-state index in [4.69, 9.17) is 15.7 Å². The molecule has 0 aliphatic carbocycles. The van der Waals surface area contributed by atoms with Crippen LogP contribution in [0.25, 0.3) is 0 Å². The van der Waals surface area contributed by atoms with Crippen molar-refractivity contribution in [1.29, 1.82) is 5.26 Å². The zero-order valence-corrected chi connectivity index (χ0v) is 11.1. The molecule has 5 heteroatoms. The van der Waals surface area contributed by atoms with Crippen molar-refractivity contribution >= 4 is 5.82 Å². The van der Waals surface area contributed by atoms with Crippen LogP contribution in [0.15, 0.2) is 24.3 Å². The van der Waals surface area contributed by atoms with E-state index in [0.717, 1.165) is 5.56 Å². The van der Waals surface area contributed by atoms with Crippen molar-refractivity contribution in [2.75, 3.05) is 5.73 Å². The lowest BCUT2D eigenvalue weighted by atomic mass is 10.2. The Balaban J connectivity index is 2.15. The van der Waals surface area contributed by atoms with Gasteiger partial charge in [0.25, 0.3) is 5.88 Å². The van der Waals surface area contributed by atoms with Crippen LogP contribution in [-0.2, 0) is 13.2 Å².